The van der Waals surface area contributed by atoms with Crippen molar-refractivity contribution in [2.24, 2.45) is 0 Å². The van der Waals surface area contributed by atoms with Crippen LogP contribution in [0.4, 0.5) is 0 Å². The van der Waals surface area contributed by atoms with Crippen LogP contribution in [-0.2, 0) is 0 Å². The third kappa shape index (κ3) is 3.01. The van der Waals surface area contributed by atoms with Gasteiger partial charge in [0.05, 0.1) is 29.1 Å². The molecule has 3 rings (SSSR count). The maximum absolute atomic E-state index is 12.9. The van der Waals surface area contributed by atoms with E-state index in [0.717, 1.165) is 11.0 Å². The number of fused-ring (bicyclic) bond motifs is 1. The van der Waals surface area contributed by atoms with E-state index in [2.05, 4.69) is 4.98 Å². The fourth-order valence-electron chi connectivity index (χ4n) is 2.44. The normalized spacial score (nSPS) is 11.0. The molecule has 0 saturated carbocycles. The lowest BCUT2D eigenvalue weighted by atomic mass is 10.2. The second kappa shape index (κ2) is 7.27. The summed E-state index contributed by atoms with van der Waals surface area (Å²) in [5.41, 5.74) is 1.45. The summed E-state index contributed by atoms with van der Waals surface area (Å²) in [7, 11) is 0. The summed E-state index contributed by atoms with van der Waals surface area (Å²) in [6, 6.07) is 7.36. The number of aromatic nitrogens is 2. The largest absolute Gasteiger partial charge is 0.490 e. The van der Waals surface area contributed by atoms with Crippen molar-refractivity contribution in [3.05, 3.63) is 34.5 Å². The Morgan fingerprint density at radius 2 is 1.96 bits per heavy atom. The first-order chi connectivity index (χ1) is 11.7. The molecule has 24 heavy (non-hydrogen) atoms. The first kappa shape index (κ1) is 16.9. The van der Waals surface area contributed by atoms with Gasteiger partial charge in [0, 0.05) is 12.1 Å². The van der Waals surface area contributed by atoms with Crippen LogP contribution in [0.2, 0.25) is 0 Å². The molecule has 2 heterocycles. The first-order valence-electron chi connectivity index (χ1n) is 7.63. The maximum Gasteiger partial charge on any atom is 0.274 e. The Balaban J connectivity index is 2.20. The molecule has 0 radical (unpaired) electrons. The zero-order valence-corrected chi connectivity index (χ0v) is 15.4. The molecule has 7 heteroatoms. The van der Waals surface area contributed by atoms with Crippen molar-refractivity contribution in [1.82, 2.24) is 9.55 Å². The summed E-state index contributed by atoms with van der Waals surface area (Å²) in [5, 5.41) is 2.55. The van der Waals surface area contributed by atoms with Crippen LogP contribution in [0.15, 0.2) is 34.8 Å². The molecule has 0 aliphatic heterocycles. The van der Waals surface area contributed by atoms with E-state index in [4.69, 9.17) is 9.47 Å². The summed E-state index contributed by atoms with van der Waals surface area (Å²) >= 11 is 2.86. The van der Waals surface area contributed by atoms with Gasteiger partial charge in [-0.1, -0.05) is 17.8 Å². The van der Waals surface area contributed by atoms with Crippen LogP contribution < -0.4 is 9.47 Å². The number of benzene rings is 1. The Bertz CT molecular complexity index is 856. The number of imidazole rings is 1. The number of carbonyl (C=O) groups excluding carboxylic acids is 1. The minimum absolute atomic E-state index is 0.0801. The second-order valence-electron chi connectivity index (χ2n) is 4.87. The topological polar surface area (TPSA) is 53.4 Å². The molecular formula is C17H18N2O3S2. The van der Waals surface area contributed by atoms with Crippen molar-refractivity contribution in [3.63, 3.8) is 0 Å². The van der Waals surface area contributed by atoms with Crippen LogP contribution in [0.25, 0.3) is 11.0 Å². The van der Waals surface area contributed by atoms with Crippen LogP contribution in [0, 0.1) is 0 Å². The highest BCUT2D eigenvalue weighted by Gasteiger charge is 2.21. The molecule has 0 atom stereocenters. The lowest BCUT2D eigenvalue weighted by Gasteiger charge is -2.11. The number of thiophene rings is 1. The van der Waals surface area contributed by atoms with Gasteiger partial charge >= 0.3 is 0 Å². The molecule has 5 nitrogen and oxygen atoms in total. The van der Waals surface area contributed by atoms with E-state index >= 15 is 0 Å². The van der Waals surface area contributed by atoms with Gasteiger partial charge in [0.25, 0.3) is 5.91 Å². The highest BCUT2D eigenvalue weighted by Crippen LogP contribution is 2.35. The van der Waals surface area contributed by atoms with Crippen molar-refractivity contribution in [1.29, 1.82) is 0 Å². The highest BCUT2D eigenvalue weighted by molar-refractivity contribution is 7.98. The number of thioether (sulfide) groups is 1. The van der Waals surface area contributed by atoms with Crippen molar-refractivity contribution < 1.29 is 14.3 Å². The molecule has 3 aromatic rings. The molecule has 0 fully saturated rings. The molecule has 0 aliphatic carbocycles. The van der Waals surface area contributed by atoms with Crippen molar-refractivity contribution in [3.8, 4) is 11.5 Å². The molecule has 1 aromatic carbocycles. The lowest BCUT2D eigenvalue weighted by Crippen LogP contribution is -2.11. The SMILES string of the molecule is CCOc1cc2nc(SC)n(C(=O)c3cccs3)c2cc1OCC. The van der Waals surface area contributed by atoms with E-state index in [1.54, 1.807) is 4.57 Å². The monoisotopic (exact) mass is 362 g/mol. The Kier molecular flexibility index (Phi) is 5.11. The van der Waals surface area contributed by atoms with E-state index in [0.29, 0.717) is 34.7 Å². The molecule has 0 bridgehead atoms. The number of hydrogen-bond acceptors (Lipinski definition) is 6. The quantitative estimate of drug-likeness (QED) is 0.612. The molecule has 0 amide bonds. The average molecular weight is 362 g/mol. The summed E-state index contributed by atoms with van der Waals surface area (Å²) < 4.78 is 13.0. The number of nitrogens with zero attached hydrogens (tertiary/aromatic N) is 2. The van der Waals surface area contributed by atoms with Gasteiger partial charge in [0.15, 0.2) is 16.7 Å². The van der Waals surface area contributed by atoms with Gasteiger partial charge in [-0.3, -0.25) is 9.36 Å². The molecular weight excluding hydrogens is 344 g/mol. The van der Waals surface area contributed by atoms with E-state index in [1.165, 1.54) is 23.1 Å². The van der Waals surface area contributed by atoms with Crippen molar-refractivity contribution in [2.45, 2.75) is 19.0 Å². The van der Waals surface area contributed by atoms with Gasteiger partial charge in [-0.2, -0.15) is 0 Å². The summed E-state index contributed by atoms with van der Waals surface area (Å²) in [6.07, 6.45) is 1.91. The Morgan fingerprint density at radius 1 is 1.25 bits per heavy atom. The molecule has 0 aliphatic rings. The fraction of sp³-hybridized carbons (Fsp3) is 0.294. The Morgan fingerprint density at radius 3 is 2.54 bits per heavy atom. The van der Waals surface area contributed by atoms with E-state index in [-0.39, 0.29) is 5.91 Å². The van der Waals surface area contributed by atoms with Crippen LogP contribution >= 0.6 is 23.1 Å². The Labute approximate surface area is 148 Å². The summed E-state index contributed by atoms with van der Waals surface area (Å²) in [5.74, 6) is 1.19. The number of ether oxygens (including phenoxy) is 2. The van der Waals surface area contributed by atoms with E-state index in [9.17, 15) is 4.79 Å². The second-order valence-corrected chi connectivity index (χ2v) is 6.59. The van der Waals surface area contributed by atoms with Gasteiger partial charge in [-0.25, -0.2) is 4.98 Å². The average Bonchev–Trinajstić information content (AvgIpc) is 3.22. The minimum Gasteiger partial charge on any atom is -0.490 e. The summed E-state index contributed by atoms with van der Waals surface area (Å²) in [6.45, 7) is 4.90. The molecule has 126 valence electrons. The minimum atomic E-state index is -0.0801. The maximum atomic E-state index is 12.9. The first-order valence-corrected chi connectivity index (χ1v) is 9.74. The lowest BCUT2D eigenvalue weighted by molar-refractivity contribution is 0.0959. The highest BCUT2D eigenvalue weighted by atomic mass is 32.2. The van der Waals surface area contributed by atoms with Gasteiger partial charge in [0.2, 0.25) is 0 Å². The number of hydrogen-bond donors (Lipinski definition) is 0. The van der Waals surface area contributed by atoms with Crippen LogP contribution in [0.5, 0.6) is 11.5 Å². The van der Waals surface area contributed by atoms with Crippen molar-refractivity contribution in [2.75, 3.05) is 19.5 Å². The smallest absolute Gasteiger partial charge is 0.274 e. The zero-order valence-electron chi connectivity index (χ0n) is 13.7. The van der Waals surface area contributed by atoms with E-state index < -0.39 is 0 Å². The number of carbonyl (C=O) groups is 1. The van der Waals surface area contributed by atoms with Gasteiger partial charge in [0.1, 0.15) is 0 Å². The standard InChI is InChI=1S/C17H18N2O3S2/c1-4-21-13-9-11-12(10-14(13)22-5-2)19(17(18-11)23-3)16(20)15-7-6-8-24-15/h6-10H,4-5H2,1-3H3. The van der Waals surface area contributed by atoms with Crippen LogP contribution in [-0.4, -0.2) is 34.9 Å². The fourth-order valence-corrected chi connectivity index (χ4v) is 3.65. The third-order valence-electron chi connectivity index (χ3n) is 3.41. The molecule has 2 aromatic heterocycles. The summed E-state index contributed by atoms with van der Waals surface area (Å²) in [4.78, 5) is 18.1. The Hall–Kier alpha value is -1.99. The predicted octanol–water partition coefficient (Wildman–Crippen LogP) is 4.31. The van der Waals surface area contributed by atoms with Gasteiger partial charge in [-0.05, 0) is 31.5 Å². The van der Waals surface area contributed by atoms with Crippen molar-refractivity contribution >= 4 is 40.0 Å². The van der Waals surface area contributed by atoms with Gasteiger partial charge in [-0.15, -0.1) is 11.3 Å². The zero-order chi connectivity index (χ0) is 17.1. The molecule has 0 N–H and O–H groups in total. The van der Waals surface area contributed by atoms with Crippen LogP contribution in [0.1, 0.15) is 23.5 Å². The predicted molar refractivity (Wildman–Crippen MR) is 97.9 cm³/mol. The third-order valence-corrected chi connectivity index (χ3v) is 4.90. The molecule has 0 saturated heterocycles. The molecule has 0 spiro atoms. The number of rotatable bonds is 6. The van der Waals surface area contributed by atoms with E-state index in [1.807, 2.05) is 49.7 Å². The van der Waals surface area contributed by atoms with Gasteiger partial charge < -0.3 is 9.47 Å². The molecule has 0 unspecified atom stereocenters. The van der Waals surface area contributed by atoms with Crippen LogP contribution in [0.3, 0.4) is 0 Å².